The predicted molar refractivity (Wildman–Crippen MR) is 91.8 cm³/mol. The van der Waals surface area contributed by atoms with E-state index in [1.807, 2.05) is 32.0 Å². The Morgan fingerprint density at radius 3 is 2.95 bits per heavy atom. The predicted octanol–water partition coefficient (Wildman–Crippen LogP) is 3.46. The first kappa shape index (κ1) is 15.3. The van der Waals surface area contributed by atoms with Crippen LogP contribution in [0.25, 0.3) is 0 Å². The Balaban J connectivity index is 1.51. The van der Waals surface area contributed by atoms with Crippen LogP contribution in [-0.4, -0.2) is 27.9 Å². The summed E-state index contributed by atoms with van der Waals surface area (Å²) in [5.74, 6) is 0.316. The number of nitrogens with zero attached hydrogens (tertiary/aromatic N) is 2. The van der Waals surface area contributed by atoms with Crippen molar-refractivity contribution in [2.75, 3.05) is 16.4 Å². The summed E-state index contributed by atoms with van der Waals surface area (Å²) >= 11 is 2.92. The number of aromatic nitrogens is 2. The second-order valence-corrected chi connectivity index (χ2v) is 7.65. The number of anilines is 2. The summed E-state index contributed by atoms with van der Waals surface area (Å²) in [6.45, 7) is 4.00. The molecule has 0 aliphatic heterocycles. The minimum absolute atomic E-state index is 0.0226. The third-order valence-electron chi connectivity index (χ3n) is 3.31. The van der Waals surface area contributed by atoms with Gasteiger partial charge in [0, 0.05) is 11.7 Å². The summed E-state index contributed by atoms with van der Waals surface area (Å²) in [4.78, 5) is 12.1. The van der Waals surface area contributed by atoms with E-state index in [4.69, 9.17) is 0 Å². The van der Waals surface area contributed by atoms with Crippen molar-refractivity contribution in [2.24, 2.45) is 0 Å². The standard InChI is InChI=1S/C15H18N4OS2/c1-9-3-4-10(2)12(7-9)17-13(20)8-21-15-19-18-14(22-15)16-11-5-6-11/h3-4,7,11H,5-6,8H2,1-2H3,(H,16,18)(H,17,20). The van der Waals surface area contributed by atoms with Gasteiger partial charge in [0.2, 0.25) is 11.0 Å². The van der Waals surface area contributed by atoms with Crippen LogP contribution in [0.4, 0.5) is 10.8 Å². The highest BCUT2D eigenvalue weighted by molar-refractivity contribution is 8.01. The number of amides is 1. The number of thioether (sulfide) groups is 1. The topological polar surface area (TPSA) is 66.9 Å². The monoisotopic (exact) mass is 334 g/mol. The molecule has 1 saturated carbocycles. The molecule has 0 atom stereocenters. The van der Waals surface area contributed by atoms with Gasteiger partial charge in [-0.15, -0.1) is 10.2 Å². The van der Waals surface area contributed by atoms with E-state index in [0.29, 0.717) is 11.8 Å². The molecule has 0 radical (unpaired) electrons. The second-order valence-electron chi connectivity index (χ2n) is 5.45. The molecule has 116 valence electrons. The van der Waals surface area contributed by atoms with Gasteiger partial charge in [-0.1, -0.05) is 35.2 Å². The number of benzene rings is 1. The third kappa shape index (κ3) is 4.20. The van der Waals surface area contributed by atoms with Gasteiger partial charge in [-0.25, -0.2) is 0 Å². The first-order valence-electron chi connectivity index (χ1n) is 7.20. The highest BCUT2D eigenvalue weighted by Gasteiger charge is 2.22. The smallest absolute Gasteiger partial charge is 0.234 e. The maximum Gasteiger partial charge on any atom is 0.234 e. The largest absolute Gasteiger partial charge is 0.357 e. The Hall–Kier alpha value is -1.60. The molecular formula is C15H18N4OS2. The van der Waals surface area contributed by atoms with Gasteiger partial charge in [0.15, 0.2) is 4.34 Å². The average Bonchev–Trinajstić information content (AvgIpc) is 3.18. The molecule has 1 aliphatic carbocycles. The zero-order valence-electron chi connectivity index (χ0n) is 12.5. The highest BCUT2D eigenvalue weighted by atomic mass is 32.2. The van der Waals surface area contributed by atoms with E-state index >= 15 is 0 Å². The Kier molecular flexibility index (Phi) is 4.63. The van der Waals surface area contributed by atoms with Gasteiger partial charge in [0.25, 0.3) is 0 Å². The Morgan fingerprint density at radius 1 is 1.36 bits per heavy atom. The fraction of sp³-hybridized carbons (Fsp3) is 0.400. The average molecular weight is 334 g/mol. The van der Waals surface area contributed by atoms with Crippen molar-refractivity contribution in [2.45, 2.75) is 37.1 Å². The number of aryl methyl sites for hydroxylation is 2. The first-order chi connectivity index (χ1) is 10.6. The van der Waals surface area contributed by atoms with E-state index in [9.17, 15) is 4.79 Å². The molecule has 1 aromatic heterocycles. The summed E-state index contributed by atoms with van der Waals surface area (Å²) in [5.41, 5.74) is 3.07. The van der Waals surface area contributed by atoms with Crippen molar-refractivity contribution in [3.8, 4) is 0 Å². The maximum atomic E-state index is 12.1. The van der Waals surface area contributed by atoms with Crippen molar-refractivity contribution in [3.63, 3.8) is 0 Å². The fourth-order valence-corrected chi connectivity index (χ4v) is 3.54. The van der Waals surface area contributed by atoms with Crippen LogP contribution in [0.15, 0.2) is 22.5 Å². The van der Waals surface area contributed by atoms with Crippen molar-refractivity contribution in [1.29, 1.82) is 0 Å². The molecule has 0 saturated heterocycles. The number of carbonyl (C=O) groups excluding carboxylic acids is 1. The molecule has 1 heterocycles. The quantitative estimate of drug-likeness (QED) is 0.792. The molecule has 2 N–H and O–H groups in total. The highest BCUT2D eigenvalue weighted by Crippen LogP contribution is 2.30. The second kappa shape index (κ2) is 6.66. The van der Waals surface area contributed by atoms with Crippen LogP contribution in [-0.2, 0) is 4.79 Å². The van der Waals surface area contributed by atoms with E-state index in [2.05, 4.69) is 20.8 Å². The van der Waals surface area contributed by atoms with Gasteiger partial charge in [-0.3, -0.25) is 4.79 Å². The van der Waals surface area contributed by atoms with Crippen LogP contribution in [0.5, 0.6) is 0 Å². The zero-order valence-corrected chi connectivity index (χ0v) is 14.2. The Bertz CT molecular complexity index is 682. The lowest BCUT2D eigenvalue weighted by molar-refractivity contribution is -0.113. The maximum absolute atomic E-state index is 12.1. The minimum Gasteiger partial charge on any atom is -0.357 e. The molecule has 22 heavy (non-hydrogen) atoms. The van der Waals surface area contributed by atoms with Gasteiger partial charge >= 0.3 is 0 Å². The lowest BCUT2D eigenvalue weighted by Crippen LogP contribution is -2.14. The van der Waals surface area contributed by atoms with Crippen molar-refractivity contribution >= 4 is 39.8 Å². The van der Waals surface area contributed by atoms with Gasteiger partial charge < -0.3 is 10.6 Å². The zero-order chi connectivity index (χ0) is 15.5. The van der Waals surface area contributed by atoms with E-state index in [1.54, 1.807) is 0 Å². The van der Waals surface area contributed by atoms with Gasteiger partial charge in [-0.2, -0.15) is 0 Å². The van der Waals surface area contributed by atoms with Gasteiger partial charge in [0.05, 0.1) is 5.75 Å². The van der Waals surface area contributed by atoms with Crippen LogP contribution in [0.2, 0.25) is 0 Å². The molecule has 1 fully saturated rings. The number of rotatable bonds is 6. The van der Waals surface area contributed by atoms with Crippen LogP contribution in [0.3, 0.4) is 0 Å². The molecule has 7 heteroatoms. The van der Waals surface area contributed by atoms with E-state index in [0.717, 1.165) is 26.3 Å². The number of nitrogens with one attached hydrogen (secondary N) is 2. The molecule has 0 spiro atoms. The Labute approximate surface area is 137 Å². The molecule has 5 nitrogen and oxygen atoms in total. The number of hydrogen-bond acceptors (Lipinski definition) is 6. The van der Waals surface area contributed by atoms with E-state index in [1.165, 1.54) is 35.9 Å². The van der Waals surface area contributed by atoms with Crippen LogP contribution < -0.4 is 10.6 Å². The summed E-state index contributed by atoms with van der Waals surface area (Å²) in [5, 5.41) is 15.3. The molecule has 1 aromatic carbocycles. The number of carbonyl (C=O) groups is 1. The molecule has 0 bridgehead atoms. The molecule has 0 unspecified atom stereocenters. The third-order valence-corrected chi connectivity index (χ3v) is 5.29. The SMILES string of the molecule is Cc1ccc(C)c(NC(=O)CSc2nnc(NC3CC3)s2)c1. The molecule has 2 aromatic rings. The molecule has 1 aliphatic rings. The minimum atomic E-state index is -0.0226. The van der Waals surface area contributed by atoms with Gasteiger partial charge in [0.1, 0.15) is 0 Å². The lowest BCUT2D eigenvalue weighted by Gasteiger charge is -2.08. The van der Waals surface area contributed by atoms with E-state index < -0.39 is 0 Å². The summed E-state index contributed by atoms with van der Waals surface area (Å²) < 4.78 is 0.819. The van der Waals surface area contributed by atoms with Crippen molar-refractivity contribution in [1.82, 2.24) is 10.2 Å². The van der Waals surface area contributed by atoms with Crippen molar-refractivity contribution in [3.05, 3.63) is 29.3 Å². The summed E-state index contributed by atoms with van der Waals surface area (Å²) in [6, 6.07) is 6.60. The molecule has 1 amide bonds. The number of hydrogen-bond donors (Lipinski definition) is 2. The summed E-state index contributed by atoms with van der Waals surface area (Å²) in [6.07, 6.45) is 2.42. The van der Waals surface area contributed by atoms with Gasteiger partial charge in [-0.05, 0) is 43.9 Å². The normalized spacial score (nSPS) is 13.9. The van der Waals surface area contributed by atoms with E-state index in [-0.39, 0.29) is 5.91 Å². The lowest BCUT2D eigenvalue weighted by atomic mass is 10.1. The Morgan fingerprint density at radius 2 is 2.18 bits per heavy atom. The van der Waals surface area contributed by atoms with Crippen LogP contribution >= 0.6 is 23.1 Å². The van der Waals surface area contributed by atoms with Crippen LogP contribution in [0, 0.1) is 13.8 Å². The molecule has 3 rings (SSSR count). The van der Waals surface area contributed by atoms with Crippen LogP contribution in [0.1, 0.15) is 24.0 Å². The first-order valence-corrected chi connectivity index (χ1v) is 9.00. The summed E-state index contributed by atoms with van der Waals surface area (Å²) in [7, 11) is 0. The molecular weight excluding hydrogens is 316 g/mol. The fourth-order valence-electron chi connectivity index (χ4n) is 1.91. The van der Waals surface area contributed by atoms with Crippen molar-refractivity contribution < 1.29 is 4.79 Å².